The highest BCUT2D eigenvalue weighted by Crippen LogP contribution is 2.21. The van der Waals surface area contributed by atoms with Gasteiger partial charge in [0.2, 0.25) is 5.91 Å². The summed E-state index contributed by atoms with van der Waals surface area (Å²) in [4.78, 5) is 11.5. The fourth-order valence-electron chi connectivity index (χ4n) is 1.68. The Bertz CT molecular complexity index is 192. The molecule has 0 saturated carbocycles. The minimum atomic E-state index is -0.154. The molecule has 2 N–H and O–H groups in total. The Kier molecular flexibility index (Phi) is 3.27. The molecule has 0 aromatic carbocycles. The average molecular weight is 186 g/mol. The number of amides is 1. The first-order chi connectivity index (χ1) is 6.08. The summed E-state index contributed by atoms with van der Waals surface area (Å²) < 4.78 is 5.09. The van der Waals surface area contributed by atoms with E-state index in [9.17, 15) is 4.79 Å². The van der Waals surface area contributed by atoms with Crippen LogP contribution in [0.25, 0.3) is 0 Å². The lowest BCUT2D eigenvalue weighted by molar-refractivity contribution is -0.128. The van der Waals surface area contributed by atoms with E-state index in [4.69, 9.17) is 4.74 Å². The maximum absolute atomic E-state index is 11.5. The summed E-state index contributed by atoms with van der Waals surface area (Å²) in [6, 6.07) is -0.138. The van der Waals surface area contributed by atoms with Gasteiger partial charge in [-0.05, 0) is 0 Å². The van der Waals surface area contributed by atoms with Crippen LogP contribution in [0.5, 0.6) is 0 Å². The van der Waals surface area contributed by atoms with E-state index in [0.29, 0.717) is 6.61 Å². The third-order valence-corrected chi connectivity index (χ3v) is 2.33. The fraction of sp³-hybridized carbons (Fsp3) is 0.889. The fourth-order valence-corrected chi connectivity index (χ4v) is 1.68. The van der Waals surface area contributed by atoms with Gasteiger partial charge in [-0.25, -0.2) is 0 Å². The molecule has 13 heavy (non-hydrogen) atoms. The maximum Gasteiger partial charge on any atom is 0.237 e. The molecule has 4 heteroatoms. The summed E-state index contributed by atoms with van der Waals surface area (Å²) >= 11 is 0. The van der Waals surface area contributed by atoms with E-state index in [1.54, 1.807) is 7.11 Å². The number of piperazine rings is 1. The normalized spacial score (nSPS) is 24.2. The van der Waals surface area contributed by atoms with Crippen LogP contribution in [0.2, 0.25) is 0 Å². The Morgan fingerprint density at radius 2 is 2.23 bits per heavy atom. The van der Waals surface area contributed by atoms with Crippen molar-refractivity contribution < 1.29 is 9.53 Å². The van der Waals surface area contributed by atoms with Crippen LogP contribution < -0.4 is 10.6 Å². The van der Waals surface area contributed by atoms with Crippen LogP contribution in [0.4, 0.5) is 0 Å². The van der Waals surface area contributed by atoms with Crippen molar-refractivity contribution in [1.29, 1.82) is 0 Å². The molecule has 0 bridgehead atoms. The Morgan fingerprint density at radius 1 is 1.54 bits per heavy atom. The highest BCUT2D eigenvalue weighted by Gasteiger charge is 2.36. The van der Waals surface area contributed by atoms with Crippen molar-refractivity contribution in [2.75, 3.05) is 26.8 Å². The van der Waals surface area contributed by atoms with E-state index in [-0.39, 0.29) is 17.4 Å². The van der Waals surface area contributed by atoms with Crippen molar-refractivity contribution in [3.05, 3.63) is 0 Å². The van der Waals surface area contributed by atoms with Gasteiger partial charge in [0.15, 0.2) is 0 Å². The van der Waals surface area contributed by atoms with Crippen molar-refractivity contribution in [3.8, 4) is 0 Å². The van der Waals surface area contributed by atoms with Crippen molar-refractivity contribution in [3.63, 3.8) is 0 Å². The minimum Gasteiger partial charge on any atom is -0.384 e. The van der Waals surface area contributed by atoms with Gasteiger partial charge in [-0.2, -0.15) is 0 Å². The van der Waals surface area contributed by atoms with Gasteiger partial charge in [0, 0.05) is 25.6 Å². The highest BCUT2D eigenvalue weighted by molar-refractivity contribution is 5.83. The summed E-state index contributed by atoms with van der Waals surface area (Å²) in [6.07, 6.45) is 0. The standard InChI is InChI=1S/C9H18N2O2/c1-9(2,6-13-3)7-8(12)11-5-4-10-7/h7,10H,4-6H2,1-3H3,(H,11,12). The first-order valence-corrected chi connectivity index (χ1v) is 4.58. The topological polar surface area (TPSA) is 50.4 Å². The first-order valence-electron chi connectivity index (χ1n) is 4.58. The van der Waals surface area contributed by atoms with Crippen molar-refractivity contribution in [2.24, 2.45) is 5.41 Å². The maximum atomic E-state index is 11.5. The number of hydrogen-bond donors (Lipinski definition) is 2. The van der Waals surface area contributed by atoms with Crippen LogP contribution in [0.3, 0.4) is 0 Å². The zero-order valence-corrected chi connectivity index (χ0v) is 8.52. The Labute approximate surface area is 79.0 Å². The molecule has 1 rings (SSSR count). The Morgan fingerprint density at radius 3 is 2.77 bits per heavy atom. The van der Waals surface area contributed by atoms with Gasteiger partial charge in [0.05, 0.1) is 12.6 Å². The highest BCUT2D eigenvalue weighted by atomic mass is 16.5. The monoisotopic (exact) mass is 186 g/mol. The Balaban J connectivity index is 2.61. The van der Waals surface area contributed by atoms with E-state index in [1.165, 1.54) is 0 Å². The van der Waals surface area contributed by atoms with Gasteiger partial charge in [-0.3, -0.25) is 4.79 Å². The first kappa shape index (κ1) is 10.5. The number of methoxy groups -OCH3 is 1. The van der Waals surface area contributed by atoms with Crippen LogP contribution in [-0.2, 0) is 9.53 Å². The molecule has 1 atom stereocenters. The molecule has 0 aliphatic carbocycles. The minimum absolute atomic E-state index is 0.0771. The number of rotatable bonds is 3. The van der Waals surface area contributed by atoms with Gasteiger partial charge in [-0.1, -0.05) is 13.8 Å². The van der Waals surface area contributed by atoms with Gasteiger partial charge >= 0.3 is 0 Å². The molecule has 4 nitrogen and oxygen atoms in total. The smallest absolute Gasteiger partial charge is 0.237 e. The molecule has 1 aliphatic heterocycles. The number of hydrogen-bond acceptors (Lipinski definition) is 3. The van der Waals surface area contributed by atoms with Crippen LogP contribution in [0, 0.1) is 5.41 Å². The second-order valence-electron chi connectivity index (χ2n) is 4.10. The third kappa shape index (κ3) is 2.42. The van der Waals surface area contributed by atoms with Crippen LogP contribution in [0.1, 0.15) is 13.8 Å². The van der Waals surface area contributed by atoms with Gasteiger partial charge < -0.3 is 15.4 Å². The molecule has 1 aliphatic rings. The zero-order valence-electron chi connectivity index (χ0n) is 8.52. The molecular formula is C9H18N2O2. The molecule has 0 aromatic heterocycles. The summed E-state index contributed by atoms with van der Waals surface area (Å²) in [5.74, 6) is 0.0771. The molecule has 1 amide bonds. The number of nitrogens with one attached hydrogen (secondary N) is 2. The molecule has 1 unspecified atom stereocenters. The third-order valence-electron chi connectivity index (χ3n) is 2.33. The lowest BCUT2D eigenvalue weighted by atomic mass is 9.84. The number of ether oxygens (including phenoxy) is 1. The van der Waals surface area contributed by atoms with Gasteiger partial charge in [0.1, 0.15) is 0 Å². The van der Waals surface area contributed by atoms with E-state index in [1.807, 2.05) is 13.8 Å². The molecule has 0 radical (unpaired) electrons. The molecule has 0 aromatic rings. The lowest BCUT2D eigenvalue weighted by Gasteiger charge is -2.36. The summed E-state index contributed by atoms with van der Waals surface area (Å²) in [7, 11) is 1.66. The molecule has 1 fully saturated rings. The van der Waals surface area contributed by atoms with Crippen molar-refractivity contribution >= 4 is 5.91 Å². The second kappa shape index (κ2) is 4.07. The average Bonchev–Trinajstić information content (AvgIpc) is 2.04. The van der Waals surface area contributed by atoms with Crippen LogP contribution in [0.15, 0.2) is 0 Å². The number of carbonyl (C=O) groups excluding carboxylic acids is 1. The van der Waals surface area contributed by atoms with E-state index < -0.39 is 0 Å². The SMILES string of the molecule is COCC(C)(C)C1NCCNC1=O. The largest absolute Gasteiger partial charge is 0.384 e. The van der Waals surface area contributed by atoms with E-state index >= 15 is 0 Å². The Hall–Kier alpha value is -0.610. The van der Waals surface area contributed by atoms with Crippen LogP contribution in [-0.4, -0.2) is 38.8 Å². The quantitative estimate of drug-likeness (QED) is 0.639. The number of carbonyl (C=O) groups is 1. The van der Waals surface area contributed by atoms with E-state index in [0.717, 1.165) is 13.1 Å². The summed E-state index contributed by atoms with van der Waals surface area (Å²) in [5, 5.41) is 6.04. The van der Waals surface area contributed by atoms with Crippen LogP contribution >= 0.6 is 0 Å². The molecule has 76 valence electrons. The summed E-state index contributed by atoms with van der Waals surface area (Å²) in [5.41, 5.74) is -0.154. The summed E-state index contributed by atoms with van der Waals surface area (Å²) in [6.45, 7) is 6.19. The second-order valence-corrected chi connectivity index (χ2v) is 4.10. The molecular weight excluding hydrogens is 168 g/mol. The lowest BCUT2D eigenvalue weighted by Crippen LogP contribution is -2.59. The van der Waals surface area contributed by atoms with Crippen molar-refractivity contribution in [1.82, 2.24) is 10.6 Å². The molecule has 1 saturated heterocycles. The predicted octanol–water partition coefficient (Wildman–Crippen LogP) is -0.253. The van der Waals surface area contributed by atoms with Gasteiger partial charge in [0.25, 0.3) is 0 Å². The molecule has 1 heterocycles. The van der Waals surface area contributed by atoms with Crippen molar-refractivity contribution in [2.45, 2.75) is 19.9 Å². The van der Waals surface area contributed by atoms with Gasteiger partial charge in [-0.15, -0.1) is 0 Å². The predicted molar refractivity (Wildman–Crippen MR) is 50.5 cm³/mol. The zero-order chi connectivity index (χ0) is 9.90. The molecule has 0 spiro atoms. The van der Waals surface area contributed by atoms with E-state index in [2.05, 4.69) is 10.6 Å².